The Balaban J connectivity index is 2.27. The van der Waals surface area contributed by atoms with E-state index < -0.39 is 16.6 Å². The van der Waals surface area contributed by atoms with Crippen LogP contribution in [0, 0.1) is 6.92 Å². The first-order valence-corrected chi connectivity index (χ1v) is 17.8. The largest absolute Gasteiger partial charge is 0.544 e. The highest BCUT2D eigenvalue weighted by atomic mass is 28.4. The van der Waals surface area contributed by atoms with Gasteiger partial charge in [0, 0.05) is 5.41 Å². The summed E-state index contributed by atoms with van der Waals surface area (Å²) in [7, 11) is -3.30. The quantitative estimate of drug-likeness (QED) is 0.288. The van der Waals surface area contributed by atoms with Gasteiger partial charge in [-0.15, -0.1) is 0 Å². The Morgan fingerprint density at radius 2 is 1.06 bits per heavy atom. The number of hydrogen-bond donors (Lipinski definition) is 0. The van der Waals surface area contributed by atoms with E-state index in [2.05, 4.69) is 105 Å². The number of hydrogen-bond acceptors (Lipinski definition) is 2. The lowest BCUT2D eigenvalue weighted by atomic mass is 9.77. The summed E-state index contributed by atoms with van der Waals surface area (Å²) in [4.78, 5) is 0. The van der Waals surface area contributed by atoms with Crippen molar-refractivity contribution in [1.29, 1.82) is 0 Å². The maximum absolute atomic E-state index is 6.67. The molecule has 0 fully saturated rings. The Morgan fingerprint density at radius 1 is 0.625 bits per heavy atom. The summed E-state index contributed by atoms with van der Waals surface area (Å²) in [5.74, 6) is 2.10. The second-order valence-electron chi connectivity index (χ2n) is 9.82. The smallest absolute Gasteiger partial charge is 0.250 e. The number of rotatable bonds is 12. The molecule has 0 saturated carbocycles. The first-order valence-electron chi connectivity index (χ1n) is 12.7. The Hall–Kier alpha value is -1.53. The lowest BCUT2D eigenvalue weighted by Gasteiger charge is -2.32. The molecule has 0 radical (unpaired) electrons. The summed E-state index contributed by atoms with van der Waals surface area (Å²) >= 11 is 0. The highest BCUT2D eigenvalue weighted by molar-refractivity contribution is 6.74. The van der Waals surface area contributed by atoms with E-state index in [1.807, 2.05) is 0 Å². The van der Waals surface area contributed by atoms with E-state index in [0.29, 0.717) is 0 Å². The predicted octanol–water partition coefficient (Wildman–Crippen LogP) is 9.09. The molecule has 0 saturated heterocycles. The highest BCUT2D eigenvalue weighted by Gasteiger charge is 2.32. The van der Waals surface area contributed by atoms with E-state index in [9.17, 15) is 0 Å². The second-order valence-corrected chi connectivity index (χ2v) is 19.2. The zero-order valence-corrected chi connectivity index (χ0v) is 24.1. The molecule has 0 aromatic heterocycles. The van der Waals surface area contributed by atoms with E-state index in [-0.39, 0.29) is 5.41 Å². The predicted molar refractivity (Wildman–Crippen MR) is 145 cm³/mol. The number of benzene rings is 2. The van der Waals surface area contributed by atoms with Crippen LogP contribution >= 0.6 is 0 Å². The number of aryl methyl sites for hydroxylation is 1. The van der Waals surface area contributed by atoms with Crippen LogP contribution in [0.25, 0.3) is 0 Å². The minimum absolute atomic E-state index is 0.0780. The molecule has 178 valence electrons. The van der Waals surface area contributed by atoms with Crippen molar-refractivity contribution in [3.8, 4) is 11.5 Å². The van der Waals surface area contributed by atoms with E-state index in [4.69, 9.17) is 8.85 Å². The van der Waals surface area contributed by atoms with E-state index in [1.165, 1.54) is 53.0 Å². The molecule has 2 nitrogen and oxygen atoms in total. The van der Waals surface area contributed by atoms with Gasteiger partial charge in [0.25, 0.3) is 0 Å². The Morgan fingerprint density at radius 3 is 1.50 bits per heavy atom. The third-order valence-corrected chi connectivity index (χ3v) is 17.1. The molecule has 0 bridgehead atoms. The van der Waals surface area contributed by atoms with Crippen LogP contribution in [0.2, 0.25) is 36.3 Å². The zero-order valence-electron chi connectivity index (χ0n) is 22.1. The van der Waals surface area contributed by atoms with Gasteiger partial charge in [0.2, 0.25) is 16.6 Å². The summed E-state index contributed by atoms with van der Waals surface area (Å²) in [5, 5.41) is 0. The van der Waals surface area contributed by atoms with Crippen molar-refractivity contribution >= 4 is 16.6 Å². The van der Waals surface area contributed by atoms with Crippen molar-refractivity contribution in [2.24, 2.45) is 0 Å². The fourth-order valence-corrected chi connectivity index (χ4v) is 9.87. The van der Waals surface area contributed by atoms with Crippen LogP contribution < -0.4 is 8.85 Å². The molecular weight excluding hydrogens is 424 g/mol. The van der Waals surface area contributed by atoms with Crippen LogP contribution in [0.3, 0.4) is 0 Å². The molecule has 0 aliphatic carbocycles. The van der Waals surface area contributed by atoms with E-state index in [1.54, 1.807) is 0 Å². The Kier molecular flexibility index (Phi) is 9.24. The minimum Gasteiger partial charge on any atom is -0.544 e. The van der Waals surface area contributed by atoms with Gasteiger partial charge < -0.3 is 8.85 Å². The summed E-state index contributed by atoms with van der Waals surface area (Å²) < 4.78 is 13.2. The molecule has 0 spiro atoms. The first-order chi connectivity index (χ1) is 15.1. The average Bonchev–Trinajstić information content (AvgIpc) is 2.82. The van der Waals surface area contributed by atoms with Gasteiger partial charge in [0.15, 0.2) is 0 Å². The fourth-order valence-electron chi connectivity index (χ4n) is 4.68. The van der Waals surface area contributed by atoms with Crippen molar-refractivity contribution in [1.82, 2.24) is 0 Å². The van der Waals surface area contributed by atoms with Gasteiger partial charge in [-0.05, 0) is 78.1 Å². The van der Waals surface area contributed by atoms with Gasteiger partial charge >= 0.3 is 0 Å². The van der Waals surface area contributed by atoms with Gasteiger partial charge in [-0.2, -0.15) is 0 Å². The van der Waals surface area contributed by atoms with Crippen LogP contribution in [0.4, 0.5) is 0 Å². The second kappa shape index (κ2) is 11.1. The van der Waals surface area contributed by atoms with Gasteiger partial charge in [-0.25, -0.2) is 0 Å². The molecule has 4 heteroatoms. The molecule has 0 amide bonds. The topological polar surface area (TPSA) is 18.5 Å². The van der Waals surface area contributed by atoms with Crippen LogP contribution in [0.1, 0.15) is 72.1 Å². The van der Waals surface area contributed by atoms with E-state index >= 15 is 0 Å². The lowest BCUT2D eigenvalue weighted by Crippen LogP contribution is -2.39. The molecule has 32 heavy (non-hydrogen) atoms. The third kappa shape index (κ3) is 5.69. The van der Waals surface area contributed by atoms with Crippen LogP contribution in [-0.2, 0) is 5.41 Å². The van der Waals surface area contributed by atoms with Gasteiger partial charge in [-0.1, -0.05) is 79.7 Å². The maximum atomic E-state index is 6.67. The lowest BCUT2D eigenvalue weighted by molar-refractivity contribution is 0.526. The molecule has 0 N–H and O–H groups in total. The molecule has 2 rings (SSSR count). The van der Waals surface area contributed by atoms with Crippen LogP contribution in [0.5, 0.6) is 11.5 Å². The Bertz CT molecular complexity index is 834. The maximum Gasteiger partial charge on any atom is 0.250 e. The monoisotopic (exact) mass is 470 g/mol. The fraction of sp³-hybridized carbons (Fsp3) is 0.571. The van der Waals surface area contributed by atoms with Gasteiger partial charge in [0.05, 0.1) is 0 Å². The first kappa shape index (κ1) is 26.7. The molecule has 0 heterocycles. The van der Waals surface area contributed by atoms with Crippen molar-refractivity contribution in [2.75, 3.05) is 0 Å². The van der Waals surface area contributed by atoms with Gasteiger partial charge in [-0.3, -0.25) is 0 Å². The summed E-state index contributed by atoms with van der Waals surface area (Å²) in [6.45, 7) is 20.5. The summed E-state index contributed by atoms with van der Waals surface area (Å²) in [6, 6.07) is 22.6. The normalized spacial score (nSPS) is 12.7. The van der Waals surface area contributed by atoms with Crippen molar-refractivity contribution in [3.05, 3.63) is 59.2 Å². The molecular formula is C28H46O2Si2. The van der Waals surface area contributed by atoms with Crippen molar-refractivity contribution in [2.45, 2.75) is 104 Å². The molecule has 0 unspecified atom stereocenters. The minimum atomic E-state index is -1.66. The zero-order chi connectivity index (χ0) is 24.0. The van der Waals surface area contributed by atoms with E-state index in [0.717, 1.165) is 11.5 Å². The molecule has 0 atom stereocenters. The summed E-state index contributed by atoms with van der Waals surface area (Å²) in [6.07, 6.45) is 0. The summed E-state index contributed by atoms with van der Waals surface area (Å²) in [5.41, 5.74) is 3.81. The van der Waals surface area contributed by atoms with Crippen LogP contribution in [-0.4, -0.2) is 16.6 Å². The average molecular weight is 471 g/mol. The van der Waals surface area contributed by atoms with Crippen molar-refractivity contribution < 1.29 is 8.85 Å². The molecule has 0 aliphatic heterocycles. The SMILES string of the molecule is CC[Si](CC)(CC)Oc1ccc(C(C)(C)c2ccc(O[Si](CC)(CC)CC)c(C)c2)cc1. The Labute approximate surface area is 200 Å². The third-order valence-electron chi connectivity index (χ3n) is 8.00. The van der Waals surface area contributed by atoms with Gasteiger partial charge in [0.1, 0.15) is 11.5 Å². The molecule has 0 aliphatic rings. The standard InChI is InChI=1S/C28H46O2Si2/c1-10-31(11-2,12-3)29-26-19-16-24(17-20-26)28(8,9)25-18-21-27(23(7)22-25)30-32(13-4,14-5)15-6/h16-22H,10-15H2,1-9H3. The van der Waals surface area contributed by atoms with Crippen molar-refractivity contribution in [3.63, 3.8) is 0 Å². The van der Waals surface area contributed by atoms with Crippen LogP contribution in [0.15, 0.2) is 42.5 Å². The molecule has 2 aromatic rings. The molecule has 2 aromatic carbocycles. The highest BCUT2D eigenvalue weighted by Crippen LogP contribution is 2.36.